The normalized spacial score (nSPS) is 10.9. The second-order valence-electron chi connectivity index (χ2n) is 5.00. The lowest BCUT2D eigenvalue weighted by molar-refractivity contribution is 0.0992. The molecule has 0 bridgehead atoms. The van der Waals surface area contributed by atoms with Crippen molar-refractivity contribution in [3.05, 3.63) is 59.8 Å². The molecule has 2 N–H and O–H groups in total. The van der Waals surface area contributed by atoms with Crippen LogP contribution in [0, 0.1) is 0 Å². The number of anilines is 1. The topological polar surface area (TPSA) is 60.9 Å². The maximum atomic E-state index is 12.4. The third-order valence-electron chi connectivity index (χ3n) is 3.59. The summed E-state index contributed by atoms with van der Waals surface area (Å²) < 4.78 is 1.93. The number of rotatable bonds is 4. The van der Waals surface area contributed by atoms with Crippen molar-refractivity contribution in [3.63, 3.8) is 0 Å². The quantitative estimate of drug-likeness (QED) is 0.589. The van der Waals surface area contributed by atoms with Crippen LogP contribution in [0.25, 0.3) is 10.9 Å². The first-order chi connectivity index (χ1) is 10.2. The van der Waals surface area contributed by atoms with E-state index in [0.717, 1.165) is 23.1 Å². The average molecular weight is 279 g/mol. The molecule has 0 radical (unpaired) electrons. The summed E-state index contributed by atoms with van der Waals surface area (Å²) in [5.41, 5.74) is 8.87. The minimum absolute atomic E-state index is 0.0570. The van der Waals surface area contributed by atoms with E-state index < -0.39 is 0 Å². The molecule has 0 aliphatic heterocycles. The zero-order chi connectivity index (χ0) is 14.8. The van der Waals surface area contributed by atoms with Gasteiger partial charge in [-0.25, -0.2) is 0 Å². The van der Waals surface area contributed by atoms with E-state index in [4.69, 9.17) is 5.73 Å². The number of nitrogens with zero attached hydrogens (tertiary/aromatic N) is 2. The number of hydrogen-bond donors (Lipinski definition) is 1. The van der Waals surface area contributed by atoms with Gasteiger partial charge in [0, 0.05) is 23.2 Å². The summed E-state index contributed by atoms with van der Waals surface area (Å²) in [5.74, 6) is 0.0570. The summed E-state index contributed by atoms with van der Waals surface area (Å²) in [6.45, 7) is 2.83. The van der Waals surface area contributed by atoms with E-state index in [1.165, 1.54) is 0 Å². The fourth-order valence-corrected chi connectivity index (χ4v) is 2.49. The van der Waals surface area contributed by atoms with Gasteiger partial charge in [-0.2, -0.15) is 5.10 Å². The molecule has 0 spiro atoms. The zero-order valence-corrected chi connectivity index (χ0v) is 11.9. The Balaban J connectivity index is 1.94. The number of aromatic nitrogens is 2. The van der Waals surface area contributed by atoms with Crippen LogP contribution in [0.2, 0.25) is 0 Å². The minimum atomic E-state index is 0.0570. The summed E-state index contributed by atoms with van der Waals surface area (Å²) >= 11 is 0. The summed E-state index contributed by atoms with van der Waals surface area (Å²) in [7, 11) is 0. The number of ketones is 1. The SMILES string of the molecule is CCn1nc(CC(=O)c2ccc(N)cc2)c2ccccc21. The van der Waals surface area contributed by atoms with Crippen molar-refractivity contribution in [2.45, 2.75) is 19.9 Å². The molecule has 0 unspecified atom stereocenters. The van der Waals surface area contributed by atoms with Gasteiger partial charge < -0.3 is 5.73 Å². The van der Waals surface area contributed by atoms with Crippen LogP contribution in [0.3, 0.4) is 0 Å². The molecule has 0 aliphatic rings. The highest BCUT2D eigenvalue weighted by molar-refractivity contribution is 5.99. The van der Waals surface area contributed by atoms with E-state index in [-0.39, 0.29) is 5.78 Å². The predicted octanol–water partition coefficient (Wildman–Crippen LogP) is 3.06. The van der Waals surface area contributed by atoms with Crippen molar-refractivity contribution >= 4 is 22.4 Å². The van der Waals surface area contributed by atoms with Crippen LogP contribution in [-0.4, -0.2) is 15.6 Å². The van der Waals surface area contributed by atoms with Gasteiger partial charge in [0.1, 0.15) is 0 Å². The highest BCUT2D eigenvalue weighted by Gasteiger charge is 2.14. The van der Waals surface area contributed by atoms with Crippen molar-refractivity contribution in [2.75, 3.05) is 5.73 Å². The molecule has 0 aliphatic carbocycles. The van der Waals surface area contributed by atoms with Crippen molar-refractivity contribution in [3.8, 4) is 0 Å². The Morgan fingerprint density at radius 3 is 2.57 bits per heavy atom. The Bertz CT molecular complexity index is 787. The molecule has 21 heavy (non-hydrogen) atoms. The van der Waals surface area contributed by atoms with E-state index in [9.17, 15) is 4.79 Å². The molecule has 1 aromatic heterocycles. The van der Waals surface area contributed by atoms with Crippen LogP contribution in [0.5, 0.6) is 0 Å². The number of carbonyl (C=O) groups is 1. The average Bonchev–Trinajstić information content (AvgIpc) is 2.86. The maximum Gasteiger partial charge on any atom is 0.168 e. The molecular weight excluding hydrogens is 262 g/mol. The smallest absolute Gasteiger partial charge is 0.168 e. The van der Waals surface area contributed by atoms with E-state index >= 15 is 0 Å². The Labute approximate surface area is 123 Å². The van der Waals surface area contributed by atoms with Gasteiger partial charge in [0.15, 0.2) is 5.78 Å². The largest absolute Gasteiger partial charge is 0.399 e. The summed E-state index contributed by atoms with van der Waals surface area (Å²) in [5, 5.41) is 5.61. The Morgan fingerprint density at radius 2 is 1.86 bits per heavy atom. The number of fused-ring (bicyclic) bond motifs is 1. The summed E-state index contributed by atoms with van der Waals surface area (Å²) in [6, 6.07) is 15.0. The van der Waals surface area contributed by atoms with Crippen LogP contribution >= 0.6 is 0 Å². The van der Waals surface area contributed by atoms with Crippen LogP contribution < -0.4 is 5.73 Å². The Hall–Kier alpha value is -2.62. The number of benzene rings is 2. The lowest BCUT2D eigenvalue weighted by Gasteiger charge is -2.00. The first-order valence-corrected chi connectivity index (χ1v) is 7.02. The van der Waals surface area contributed by atoms with E-state index in [1.807, 2.05) is 35.9 Å². The van der Waals surface area contributed by atoms with E-state index in [1.54, 1.807) is 24.3 Å². The zero-order valence-electron chi connectivity index (χ0n) is 11.9. The standard InChI is InChI=1S/C17H17N3O/c1-2-20-16-6-4-3-5-14(16)15(19-20)11-17(21)12-7-9-13(18)10-8-12/h3-10H,2,11,18H2,1H3. The lowest BCUT2D eigenvalue weighted by atomic mass is 10.0. The molecule has 3 aromatic rings. The molecule has 4 heteroatoms. The van der Waals surface area contributed by atoms with E-state index in [0.29, 0.717) is 17.7 Å². The van der Waals surface area contributed by atoms with Crippen molar-refractivity contribution in [2.24, 2.45) is 0 Å². The molecule has 0 saturated heterocycles. The number of aryl methyl sites for hydroxylation is 1. The van der Waals surface area contributed by atoms with Crippen molar-refractivity contribution < 1.29 is 4.79 Å². The highest BCUT2D eigenvalue weighted by atomic mass is 16.1. The molecule has 4 nitrogen and oxygen atoms in total. The first kappa shape index (κ1) is 13.4. The third-order valence-corrected chi connectivity index (χ3v) is 3.59. The molecule has 0 fully saturated rings. The molecule has 0 saturated carbocycles. The van der Waals surface area contributed by atoms with Crippen molar-refractivity contribution in [1.82, 2.24) is 9.78 Å². The number of hydrogen-bond acceptors (Lipinski definition) is 3. The Morgan fingerprint density at radius 1 is 1.14 bits per heavy atom. The molecule has 0 atom stereocenters. The van der Waals surface area contributed by atoms with Gasteiger partial charge in [-0.15, -0.1) is 0 Å². The lowest BCUT2D eigenvalue weighted by Crippen LogP contribution is -2.05. The maximum absolute atomic E-state index is 12.4. The Kier molecular flexibility index (Phi) is 3.44. The molecule has 106 valence electrons. The van der Waals surface area contributed by atoms with Crippen LogP contribution in [0.1, 0.15) is 23.0 Å². The number of nitrogens with two attached hydrogens (primary N) is 1. The van der Waals surface area contributed by atoms with Crippen LogP contribution in [-0.2, 0) is 13.0 Å². The second-order valence-corrected chi connectivity index (χ2v) is 5.00. The number of Topliss-reactive ketones (excluding diaryl/α,β-unsaturated/α-hetero) is 1. The van der Waals surface area contributed by atoms with Gasteiger partial charge in [-0.05, 0) is 37.3 Å². The van der Waals surface area contributed by atoms with Gasteiger partial charge in [-0.1, -0.05) is 18.2 Å². The molecule has 0 amide bonds. The predicted molar refractivity (Wildman–Crippen MR) is 84.3 cm³/mol. The van der Waals surface area contributed by atoms with Crippen LogP contribution in [0.15, 0.2) is 48.5 Å². The third kappa shape index (κ3) is 2.52. The van der Waals surface area contributed by atoms with E-state index in [2.05, 4.69) is 5.10 Å². The minimum Gasteiger partial charge on any atom is -0.399 e. The number of nitrogen functional groups attached to an aromatic ring is 1. The van der Waals surface area contributed by atoms with Gasteiger partial charge in [0.2, 0.25) is 0 Å². The van der Waals surface area contributed by atoms with Gasteiger partial charge in [0.05, 0.1) is 17.6 Å². The molecule has 2 aromatic carbocycles. The van der Waals surface area contributed by atoms with Crippen molar-refractivity contribution in [1.29, 1.82) is 0 Å². The monoisotopic (exact) mass is 279 g/mol. The number of carbonyl (C=O) groups excluding carboxylic acids is 1. The van der Waals surface area contributed by atoms with Crippen LogP contribution in [0.4, 0.5) is 5.69 Å². The van der Waals surface area contributed by atoms with Gasteiger partial charge in [0.25, 0.3) is 0 Å². The summed E-state index contributed by atoms with van der Waals surface area (Å²) in [4.78, 5) is 12.4. The first-order valence-electron chi connectivity index (χ1n) is 7.02. The fourth-order valence-electron chi connectivity index (χ4n) is 2.49. The molecule has 3 rings (SSSR count). The van der Waals surface area contributed by atoms with Gasteiger partial charge >= 0.3 is 0 Å². The fraction of sp³-hybridized carbons (Fsp3) is 0.176. The van der Waals surface area contributed by atoms with Gasteiger partial charge in [-0.3, -0.25) is 9.48 Å². The molecule has 1 heterocycles. The number of para-hydroxylation sites is 1. The second kappa shape index (κ2) is 5.40. The molecular formula is C17H17N3O. The highest BCUT2D eigenvalue weighted by Crippen LogP contribution is 2.20. The summed E-state index contributed by atoms with van der Waals surface area (Å²) in [6.07, 6.45) is 0.303.